The highest BCUT2D eigenvalue weighted by molar-refractivity contribution is 5.93. The van der Waals surface area contributed by atoms with Gasteiger partial charge in [-0.05, 0) is 25.1 Å². The van der Waals surface area contributed by atoms with Crippen LogP contribution in [0.4, 0.5) is 11.5 Å². The summed E-state index contributed by atoms with van der Waals surface area (Å²) in [6.07, 6.45) is 1.64. The number of ether oxygens (including phenoxy) is 1. The lowest BCUT2D eigenvalue weighted by molar-refractivity contribution is 0.340. The van der Waals surface area contributed by atoms with Crippen LogP contribution in [0.1, 0.15) is 6.92 Å². The van der Waals surface area contributed by atoms with Crippen molar-refractivity contribution in [3.05, 3.63) is 48.7 Å². The largest absolute Gasteiger partial charge is 0.494 e. The Morgan fingerprint density at radius 1 is 1.32 bits per heavy atom. The highest BCUT2D eigenvalue weighted by atomic mass is 16.5. The molecule has 0 atom stereocenters. The Hall–Kier alpha value is -2.56. The number of anilines is 1. The molecule has 0 saturated carbocycles. The molecule has 19 heavy (non-hydrogen) atoms. The molecule has 0 aliphatic heterocycles. The number of pyridine rings is 1. The third-order valence-electron chi connectivity index (χ3n) is 2.31. The van der Waals surface area contributed by atoms with Crippen molar-refractivity contribution in [2.75, 3.05) is 11.9 Å². The Balaban J connectivity index is 2.09. The number of nitrogens with zero attached hydrogens (tertiary/aromatic N) is 2. The van der Waals surface area contributed by atoms with Crippen molar-refractivity contribution in [2.24, 2.45) is 10.7 Å². The number of para-hydroxylation sites is 1. The Bertz CT molecular complexity index is 554. The lowest BCUT2D eigenvalue weighted by Crippen LogP contribution is -2.21. The van der Waals surface area contributed by atoms with Crippen molar-refractivity contribution >= 4 is 17.5 Å². The first-order valence-electron chi connectivity index (χ1n) is 6.03. The standard InChI is InChI=1S/C14H16N4O/c1-2-19-12-8-9-16-13(10-12)18-14(15)17-11-6-4-3-5-7-11/h3-10H,2H2,1H3,(H3,15,16,17,18). The SMILES string of the molecule is CCOc1ccnc(N=C(N)Nc2ccccc2)c1. The summed E-state index contributed by atoms with van der Waals surface area (Å²) in [5.41, 5.74) is 6.70. The molecule has 2 aromatic rings. The Morgan fingerprint density at radius 2 is 2.11 bits per heavy atom. The maximum absolute atomic E-state index is 5.82. The molecule has 0 fully saturated rings. The van der Waals surface area contributed by atoms with Gasteiger partial charge in [-0.2, -0.15) is 4.99 Å². The molecular weight excluding hydrogens is 240 g/mol. The van der Waals surface area contributed by atoms with E-state index in [2.05, 4.69) is 15.3 Å². The van der Waals surface area contributed by atoms with Crippen LogP contribution in [0.15, 0.2) is 53.7 Å². The van der Waals surface area contributed by atoms with E-state index in [1.807, 2.05) is 37.3 Å². The third kappa shape index (κ3) is 3.99. The summed E-state index contributed by atoms with van der Waals surface area (Å²) in [7, 11) is 0. The van der Waals surface area contributed by atoms with Gasteiger partial charge in [-0.15, -0.1) is 0 Å². The normalized spacial score (nSPS) is 11.1. The first-order chi connectivity index (χ1) is 9.28. The number of nitrogens with two attached hydrogens (primary N) is 1. The molecule has 0 aliphatic rings. The summed E-state index contributed by atoms with van der Waals surface area (Å²) in [6, 6.07) is 13.1. The molecule has 0 bridgehead atoms. The van der Waals surface area contributed by atoms with E-state index in [4.69, 9.17) is 10.5 Å². The second kappa shape index (κ2) is 6.39. The highest BCUT2D eigenvalue weighted by Gasteiger charge is 1.98. The average Bonchev–Trinajstić information content (AvgIpc) is 2.40. The van der Waals surface area contributed by atoms with Gasteiger partial charge < -0.3 is 15.8 Å². The van der Waals surface area contributed by atoms with Gasteiger partial charge in [0.05, 0.1) is 6.61 Å². The molecular formula is C14H16N4O. The first kappa shape index (κ1) is 12.9. The lowest BCUT2D eigenvalue weighted by atomic mass is 10.3. The summed E-state index contributed by atoms with van der Waals surface area (Å²) in [5.74, 6) is 1.52. The van der Waals surface area contributed by atoms with Crippen molar-refractivity contribution < 1.29 is 4.74 Å². The van der Waals surface area contributed by atoms with E-state index in [0.717, 1.165) is 11.4 Å². The number of aliphatic imine (C=N–C) groups is 1. The molecule has 0 saturated heterocycles. The molecule has 2 rings (SSSR count). The van der Waals surface area contributed by atoms with E-state index in [1.54, 1.807) is 18.3 Å². The maximum Gasteiger partial charge on any atom is 0.199 e. The smallest absolute Gasteiger partial charge is 0.199 e. The zero-order valence-corrected chi connectivity index (χ0v) is 10.7. The minimum absolute atomic E-state index is 0.285. The van der Waals surface area contributed by atoms with E-state index < -0.39 is 0 Å². The zero-order chi connectivity index (χ0) is 13.5. The second-order valence-corrected chi connectivity index (χ2v) is 3.77. The van der Waals surface area contributed by atoms with Crippen molar-refractivity contribution in [2.45, 2.75) is 6.92 Å². The summed E-state index contributed by atoms with van der Waals surface area (Å²) >= 11 is 0. The van der Waals surface area contributed by atoms with Gasteiger partial charge in [-0.3, -0.25) is 0 Å². The van der Waals surface area contributed by atoms with Gasteiger partial charge in [0.2, 0.25) is 0 Å². The fraction of sp³-hybridized carbons (Fsp3) is 0.143. The molecule has 0 aliphatic carbocycles. The number of aromatic nitrogens is 1. The van der Waals surface area contributed by atoms with E-state index in [0.29, 0.717) is 12.4 Å². The quantitative estimate of drug-likeness (QED) is 0.651. The average molecular weight is 256 g/mol. The number of guanidine groups is 1. The van der Waals surface area contributed by atoms with Crippen LogP contribution in [0.5, 0.6) is 5.75 Å². The molecule has 0 amide bonds. The van der Waals surface area contributed by atoms with Crippen molar-refractivity contribution in [3.63, 3.8) is 0 Å². The predicted molar refractivity (Wildman–Crippen MR) is 76.8 cm³/mol. The molecule has 5 heteroatoms. The third-order valence-corrected chi connectivity index (χ3v) is 2.31. The minimum Gasteiger partial charge on any atom is -0.494 e. The lowest BCUT2D eigenvalue weighted by Gasteiger charge is -2.05. The van der Waals surface area contributed by atoms with Crippen molar-refractivity contribution in [1.29, 1.82) is 0 Å². The van der Waals surface area contributed by atoms with Gasteiger partial charge in [-0.25, -0.2) is 4.98 Å². The van der Waals surface area contributed by atoms with E-state index in [9.17, 15) is 0 Å². The summed E-state index contributed by atoms with van der Waals surface area (Å²) in [4.78, 5) is 8.31. The summed E-state index contributed by atoms with van der Waals surface area (Å²) in [5, 5.41) is 2.99. The van der Waals surface area contributed by atoms with Crippen LogP contribution in [-0.2, 0) is 0 Å². The van der Waals surface area contributed by atoms with Crippen LogP contribution in [-0.4, -0.2) is 17.6 Å². The Kier molecular flexibility index (Phi) is 4.34. The Labute approximate surface area is 112 Å². The van der Waals surface area contributed by atoms with Crippen LogP contribution >= 0.6 is 0 Å². The van der Waals surface area contributed by atoms with Crippen LogP contribution in [0.3, 0.4) is 0 Å². The van der Waals surface area contributed by atoms with Gasteiger partial charge in [-0.1, -0.05) is 18.2 Å². The molecule has 0 radical (unpaired) electrons. The Morgan fingerprint density at radius 3 is 2.84 bits per heavy atom. The van der Waals surface area contributed by atoms with E-state index >= 15 is 0 Å². The van der Waals surface area contributed by atoms with Gasteiger partial charge >= 0.3 is 0 Å². The van der Waals surface area contributed by atoms with E-state index in [-0.39, 0.29) is 5.96 Å². The fourth-order valence-electron chi connectivity index (χ4n) is 1.54. The fourth-order valence-corrected chi connectivity index (χ4v) is 1.54. The number of benzene rings is 1. The highest BCUT2D eigenvalue weighted by Crippen LogP contribution is 2.16. The number of hydrogen-bond acceptors (Lipinski definition) is 3. The second-order valence-electron chi connectivity index (χ2n) is 3.77. The zero-order valence-electron chi connectivity index (χ0n) is 10.7. The molecule has 98 valence electrons. The van der Waals surface area contributed by atoms with Crippen LogP contribution in [0.25, 0.3) is 0 Å². The minimum atomic E-state index is 0.285. The summed E-state index contributed by atoms with van der Waals surface area (Å²) in [6.45, 7) is 2.53. The number of nitrogens with one attached hydrogen (secondary N) is 1. The topological polar surface area (TPSA) is 72.5 Å². The van der Waals surface area contributed by atoms with Gasteiger partial charge in [0, 0.05) is 18.0 Å². The molecule has 3 N–H and O–H groups in total. The molecule has 0 unspecified atom stereocenters. The van der Waals surface area contributed by atoms with Gasteiger partial charge in [0.15, 0.2) is 11.8 Å². The number of hydrogen-bond donors (Lipinski definition) is 2. The van der Waals surface area contributed by atoms with Crippen molar-refractivity contribution in [1.82, 2.24) is 4.98 Å². The molecule has 1 aromatic heterocycles. The van der Waals surface area contributed by atoms with Crippen LogP contribution in [0, 0.1) is 0 Å². The molecule has 0 spiro atoms. The monoisotopic (exact) mass is 256 g/mol. The van der Waals surface area contributed by atoms with Gasteiger partial charge in [0.25, 0.3) is 0 Å². The van der Waals surface area contributed by atoms with Crippen molar-refractivity contribution in [3.8, 4) is 5.75 Å². The summed E-state index contributed by atoms with van der Waals surface area (Å²) < 4.78 is 5.38. The molecule has 1 aromatic carbocycles. The molecule has 5 nitrogen and oxygen atoms in total. The maximum atomic E-state index is 5.82. The van der Waals surface area contributed by atoms with Gasteiger partial charge in [0.1, 0.15) is 5.75 Å². The number of rotatable bonds is 4. The van der Waals surface area contributed by atoms with Crippen LogP contribution < -0.4 is 15.8 Å². The van der Waals surface area contributed by atoms with Crippen LogP contribution in [0.2, 0.25) is 0 Å². The predicted octanol–water partition coefficient (Wildman–Crippen LogP) is 2.54. The molecule has 1 heterocycles. The van der Waals surface area contributed by atoms with E-state index in [1.165, 1.54) is 0 Å². The first-order valence-corrected chi connectivity index (χ1v) is 6.03.